The molecule has 0 aliphatic carbocycles. The molecule has 2 atom stereocenters. The van der Waals surface area contributed by atoms with E-state index in [1.807, 2.05) is 35.2 Å². The first-order valence-electron chi connectivity index (χ1n) is 12.1. The number of hydrogen-bond donors (Lipinski definition) is 3. The van der Waals surface area contributed by atoms with Gasteiger partial charge in [-0.25, -0.2) is 9.59 Å². The van der Waals surface area contributed by atoms with Gasteiger partial charge in [-0.3, -0.25) is 4.98 Å². The fourth-order valence-electron chi connectivity index (χ4n) is 4.63. The second-order valence-electron chi connectivity index (χ2n) is 9.35. The van der Waals surface area contributed by atoms with E-state index >= 15 is 0 Å². The Hall–Kier alpha value is -4.50. The number of carboxylic acid groups (broad SMARTS) is 2. The minimum Gasteiger partial charge on any atom is -0.478 e. The van der Waals surface area contributed by atoms with Crippen molar-refractivity contribution in [1.29, 1.82) is 0 Å². The largest absolute Gasteiger partial charge is 0.478 e. The van der Waals surface area contributed by atoms with Gasteiger partial charge in [0.05, 0.1) is 22.9 Å². The number of benzene rings is 2. The maximum Gasteiger partial charge on any atom is 0.335 e. The van der Waals surface area contributed by atoms with Crippen molar-refractivity contribution in [3.8, 4) is 11.3 Å². The van der Waals surface area contributed by atoms with E-state index < -0.39 is 18.0 Å². The summed E-state index contributed by atoms with van der Waals surface area (Å²) in [6, 6.07) is 20.6. The van der Waals surface area contributed by atoms with Crippen LogP contribution in [0.15, 0.2) is 83.4 Å². The number of aromatic nitrogens is 1. The standard InChI is InChI=1S/C29H25N3O5S/c1-16(2)17-6-8-21(9-7-17)32-26(25(31-29(32)38)22-5-3-4-12-30-22)24-11-10-23(37-24)18-13-19(27(33)34)15-20(14-18)28(35)36/h3-16,25-26H,1-2H3,(H,31,38)(H,33,34)(H,35,36)/t25-,26+/m0/s1. The molecule has 5 rings (SSSR count). The van der Waals surface area contributed by atoms with Gasteiger partial charge in [0.25, 0.3) is 0 Å². The molecule has 0 bridgehead atoms. The van der Waals surface area contributed by atoms with E-state index in [9.17, 15) is 19.8 Å². The van der Waals surface area contributed by atoms with Gasteiger partial charge < -0.3 is 24.8 Å². The van der Waals surface area contributed by atoms with Crippen molar-refractivity contribution in [1.82, 2.24) is 10.3 Å². The van der Waals surface area contributed by atoms with Gasteiger partial charge in [0, 0.05) is 17.4 Å². The summed E-state index contributed by atoms with van der Waals surface area (Å²) in [4.78, 5) is 29.8. The maximum atomic E-state index is 11.6. The van der Waals surface area contributed by atoms with Crippen molar-refractivity contribution < 1.29 is 24.2 Å². The minimum absolute atomic E-state index is 0.139. The summed E-state index contributed by atoms with van der Waals surface area (Å²) in [7, 11) is 0. The quantitative estimate of drug-likeness (QED) is 0.247. The van der Waals surface area contributed by atoms with Gasteiger partial charge in [-0.1, -0.05) is 32.0 Å². The van der Waals surface area contributed by atoms with Crippen LogP contribution in [-0.4, -0.2) is 32.2 Å². The molecule has 3 N–H and O–H groups in total. The number of rotatable bonds is 7. The van der Waals surface area contributed by atoms with Crippen molar-refractivity contribution in [2.75, 3.05) is 4.90 Å². The summed E-state index contributed by atoms with van der Waals surface area (Å²) >= 11 is 5.77. The number of nitrogens with zero attached hydrogens (tertiary/aromatic N) is 2. The van der Waals surface area contributed by atoms with Crippen LogP contribution in [0.1, 0.15) is 69.6 Å². The zero-order chi connectivity index (χ0) is 27.0. The van der Waals surface area contributed by atoms with Gasteiger partial charge in [-0.15, -0.1) is 0 Å². The maximum absolute atomic E-state index is 11.6. The third-order valence-corrected chi connectivity index (χ3v) is 6.88. The van der Waals surface area contributed by atoms with Gasteiger partial charge in [0.1, 0.15) is 17.6 Å². The van der Waals surface area contributed by atoms with Gasteiger partial charge in [0.2, 0.25) is 0 Å². The lowest BCUT2D eigenvalue weighted by atomic mass is 10.0. The third kappa shape index (κ3) is 4.76. The molecule has 1 aliphatic heterocycles. The number of thiocarbonyl (C=S) groups is 1. The van der Waals surface area contributed by atoms with E-state index in [-0.39, 0.29) is 17.2 Å². The Labute approximate surface area is 224 Å². The van der Waals surface area contributed by atoms with Crippen LogP contribution >= 0.6 is 12.2 Å². The molecular weight excluding hydrogens is 502 g/mol. The van der Waals surface area contributed by atoms with Gasteiger partial charge in [-0.2, -0.15) is 0 Å². The number of nitrogens with one attached hydrogen (secondary N) is 1. The van der Waals surface area contributed by atoms with Crippen LogP contribution in [0.5, 0.6) is 0 Å². The van der Waals surface area contributed by atoms with E-state index in [0.717, 1.165) is 17.4 Å². The van der Waals surface area contributed by atoms with Crippen molar-refractivity contribution in [3.63, 3.8) is 0 Å². The van der Waals surface area contributed by atoms with Gasteiger partial charge in [0.15, 0.2) is 5.11 Å². The smallest absolute Gasteiger partial charge is 0.335 e. The molecule has 0 radical (unpaired) electrons. The summed E-state index contributed by atoms with van der Waals surface area (Å²) in [5.74, 6) is -1.16. The molecule has 0 unspecified atom stereocenters. The predicted molar refractivity (Wildman–Crippen MR) is 147 cm³/mol. The second kappa shape index (κ2) is 10.1. The average molecular weight is 528 g/mol. The van der Waals surface area contributed by atoms with E-state index in [4.69, 9.17) is 16.6 Å². The average Bonchev–Trinajstić information content (AvgIpc) is 3.53. The lowest BCUT2D eigenvalue weighted by molar-refractivity contribution is 0.0696. The molecule has 0 amide bonds. The van der Waals surface area contributed by atoms with Crippen LogP contribution in [-0.2, 0) is 0 Å². The number of furan rings is 1. The second-order valence-corrected chi connectivity index (χ2v) is 9.74. The highest BCUT2D eigenvalue weighted by Gasteiger charge is 2.42. The Balaban J connectivity index is 1.60. The molecule has 0 saturated carbocycles. The highest BCUT2D eigenvalue weighted by Crippen LogP contribution is 2.43. The number of anilines is 1. The number of hydrogen-bond acceptors (Lipinski definition) is 5. The van der Waals surface area contributed by atoms with Crippen LogP contribution in [0.25, 0.3) is 11.3 Å². The fraction of sp³-hybridized carbons (Fsp3) is 0.172. The number of carboxylic acids is 2. The first-order chi connectivity index (χ1) is 18.2. The van der Waals surface area contributed by atoms with Crippen molar-refractivity contribution in [2.45, 2.75) is 31.8 Å². The summed E-state index contributed by atoms with van der Waals surface area (Å²) in [5.41, 5.74) is 2.94. The number of aromatic carboxylic acids is 2. The predicted octanol–water partition coefficient (Wildman–Crippen LogP) is 6.04. The summed E-state index contributed by atoms with van der Waals surface area (Å²) in [6.07, 6.45) is 1.72. The zero-order valence-corrected chi connectivity index (χ0v) is 21.5. The Morgan fingerprint density at radius 3 is 2.24 bits per heavy atom. The third-order valence-electron chi connectivity index (χ3n) is 6.57. The molecule has 4 aromatic rings. The van der Waals surface area contributed by atoms with Crippen LogP contribution < -0.4 is 10.2 Å². The molecule has 192 valence electrons. The minimum atomic E-state index is -1.22. The molecule has 9 heteroatoms. The van der Waals surface area contributed by atoms with Crippen LogP contribution in [0.3, 0.4) is 0 Å². The normalized spacial score (nSPS) is 17.0. The van der Waals surface area contributed by atoms with Crippen molar-refractivity contribution in [3.05, 3.63) is 107 Å². The zero-order valence-electron chi connectivity index (χ0n) is 20.7. The first kappa shape index (κ1) is 25.2. The first-order valence-corrected chi connectivity index (χ1v) is 12.5. The summed E-state index contributed by atoms with van der Waals surface area (Å²) in [5, 5.41) is 22.9. The molecule has 38 heavy (non-hydrogen) atoms. The van der Waals surface area contributed by atoms with Gasteiger partial charge in [-0.05, 0) is 78.3 Å². The Kier molecular flexibility index (Phi) is 6.69. The molecule has 1 aliphatic rings. The monoisotopic (exact) mass is 527 g/mol. The highest BCUT2D eigenvalue weighted by atomic mass is 32.1. The highest BCUT2D eigenvalue weighted by molar-refractivity contribution is 7.80. The molecule has 3 heterocycles. The van der Waals surface area contributed by atoms with E-state index in [1.54, 1.807) is 18.3 Å². The van der Waals surface area contributed by atoms with Crippen LogP contribution in [0, 0.1) is 0 Å². The van der Waals surface area contributed by atoms with E-state index in [2.05, 4.69) is 36.3 Å². The number of carbonyl (C=O) groups is 2. The topological polar surface area (TPSA) is 116 Å². The molecule has 2 aromatic heterocycles. The Morgan fingerprint density at radius 2 is 1.66 bits per heavy atom. The number of pyridine rings is 1. The Bertz CT molecular complexity index is 1480. The molecule has 1 saturated heterocycles. The lowest BCUT2D eigenvalue weighted by Crippen LogP contribution is -2.29. The SMILES string of the molecule is CC(C)c1ccc(N2C(=S)N[C@@H](c3ccccn3)[C@H]2c2ccc(-c3cc(C(=O)O)cc(C(=O)O)c3)o2)cc1. The molecule has 2 aromatic carbocycles. The molecule has 1 fully saturated rings. The van der Waals surface area contributed by atoms with Gasteiger partial charge >= 0.3 is 11.9 Å². The molecule has 0 spiro atoms. The Morgan fingerprint density at radius 1 is 0.974 bits per heavy atom. The molecule has 8 nitrogen and oxygen atoms in total. The van der Waals surface area contributed by atoms with E-state index in [1.165, 1.54) is 17.7 Å². The van der Waals surface area contributed by atoms with Crippen molar-refractivity contribution in [2.24, 2.45) is 0 Å². The van der Waals surface area contributed by atoms with Crippen LogP contribution in [0.2, 0.25) is 0 Å². The lowest BCUT2D eigenvalue weighted by Gasteiger charge is -2.26. The summed E-state index contributed by atoms with van der Waals surface area (Å²) in [6.45, 7) is 4.27. The summed E-state index contributed by atoms with van der Waals surface area (Å²) < 4.78 is 6.28. The van der Waals surface area contributed by atoms with E-state index in [0.29, 0.717) is 28.1 Å². The fourth-order valence-corrected chi connectivity index (χ4v) is 4.97. The van der Waals surface area contributed by atoms with Crippen molar-refractivity contribution >= 4 is 35.0 Å². The van der Waals surface area contributed by atoms with Crippen LogP contribution in [0.4, 0.5) is 5.69 Å². The molecular formula is C29H25N3O5S.